The average molecular weight is 410 g/mol. The van der Waals surface area contributed by atoms with Crippen molar-refractivity contribution in [3.63, 3.8) is 0 Å². The molecule has 1 amide bonds. The van der Waals surface area contributed by atoms with Crippen LogP contribution in [-0.4, -0.2) is 38.9 Å². The van der Waals surface area contributed by atoms with Crippen LogP contribution in [0, 0.1) is 5.92 Å². The van der Waals surface area contributed by atoms with Gasteiger partial charge in [0.1, 0.15) is 10.7 Å². The summed E-state index contributed by atoms with van der Waals surface area (Å²) in [6.45, 7) is 1.29. The minimum Gasteiger partial charge on any atom is -0.477 e. The summed E-state index contributed by atoms with van der Waals surface area (Å²) >= 11 is 1.15. The number of fused-ring (bicyclic) bond motifs is 1. The minimum atomic E-state index is -1.15. The molecule has 0 radical (unpaired) electrons. The summed E-state index contributed by atoms with van der Waals surface area (Å²) in [6.07, 6.45) is 2.47. The molecule has 1 fully saturated rings. The zero-order chi connectivity index (χ0) is 20.5. The fourth-order valence-electron chi connectivity index (χ4n) is 3.74. The number of thioether (sulfide) groups is 1. The monoisotopic (exact) mass is 410 g/mol. The summed E-state index contributed by atoms with van der Waals surface area (Å²) in [7, 11) is 0. The second kappa shape index (κ2) is 7.71. The largest absolute Gasteiger partial charge is 0.477 e. The van der Waals surface area contributed by atoms with Gasteiger partial charge in [-0.3, -0.25) is 9.59 Å². The maximum Gasteiger partial charge on any atom is 0.353 e. The molecule has 2 aliphatic rings. The standard InChI is InChI=1S/C21H18N2O5S/c1-12(24)28-16-8-5-9-22-20(16)29-19-14(10-13-6-3-2-4-7-13)15-11-17(25)23(15)18(19)21(26)27/h2-9,14-15H,10-11H2,1H3,(H,26,27). The Bertz CT molecular complexity index is 1020. The third kappa shape index (κ3) is 3.63. The number of esters is 1. The lowest BCUT2D eigenvalue weighted by atomic mass is 9.87. The zero-order valence-electron chi connectivity index (χ0n) is 15.6. The molecule has 2 aliphatic heterocycles. The van der Waals surface area contributed by atoms with E-state index in [0.29, 0.717) is 22.8 Å². The Hall–Kier alpha value is -3.13. The van der Waals surface area contributed by atoms with Crippen molar-refractivity contribution in [2.24, 2.45) is 5.92 Å². The molecular formula is C21H18N2O5S. The van der Waals surface area contributed by atoms with Crippen LogP contribution in [-0.2, 0) is 20.8 Å². The lowest BCUT2D eigenvalue weighted by Crippen LogP contribution is -2.52. The van der Waals surface area contributed by atoms with Gasteiger partial charge in [-0.25, -0.2) is 9.78 Å². The number of ether oxygens (including phenoxy) is 1. The number of carboxylic acids is 1. The lowest BCUT2D eigenvalue weighted by molar-refractivity contribution is -0.148. The highest BCUT2D eigenvalue weighted by Crippen LogP contribution is 2.51. The first-order valence-electron chi connectivity index (χ1n) is 9.10. The summed E-state index contributed by atoms with van der Waals surface area (Å²) in [5.74, 6) is -1.73. The van der Waals surface area contributed by atoms with Gasteiger partial charge in [0.05, 0.1) is 6.04 Å². The van der Waals surface area contributed by atoms with E-state index in [-0.39, 0.29) is 29.3 Å². The highest BCUT2D eigenvalue weighted by Gasteiger charge is 2.53. The second-order valence-electron chi connectivity index (χ2n) is 6.85. The molecule has 2 aromatic rings. The number of rotatable bonds is 6. The number of aromatic nitrogens is 1. The molecule has 1 aromatic carbocycles. The normalized spacial score (nSPS) is 20.3. The van der Waals surface area contributed by atoms with Crippen LogP contribution >= 0.6 is 11.8 Å². The quantitative estimate of drug-likeness (QED) is 0.578. The van der Waals surface area contributed by atoms with Gasteiger partial charge >= 0.3 is 11.9 Å². The molecule has 2 atom stereocenters. The van der Waals surface area contributed by atoms with Gasteiger partial charge in [-0.2, -0.15) is 0 Å². The maximum atomic E-state index is 12.2. The number of carboxylic acid groups (broad SMARTS) is 1. The van der Waals surface area contributed by atoms with Crippen molar-refractivity contribution in [3.05, 3.63) is 64.8 Å². The molecule has 0 aliphatic carbocycles. The molecule has 148 valence electrons. The molecule has 7 nitrogen and oxygen atoms in total. The number of aliphatic carboxylic acids is 1. The second-order valence-corrected chi connectivity index (χ2v) is 7.88. The molecule has 0 saturated carbocycles. The third-order valence-corrected chi connectivity index (χ3v) is 6.17. The van der Waals surface area contributed by atoms with Crippen LogP contribution in [0.25, 0.3) is 0 Å². The molecule has 3 heterocycles. The molecule has 1 N–H and O–H groups in total. The highest BCUT2D eigenvalue weighted by atomic mass is 32.2. The van der Waals surface area contributed by atoms with Crippen molar-refractivity contribution in [1.29, 1.82) is 0 Å². The van der Waals surface area contributed by atoms with Crippen molar-refractivity contribution in [1.82, 2.24) is 9.88 Å². The Kier molecular flexibility index (Phi) is 5.10. The van der Waals surface area contributed by atoms with Crippen molar-refractivity contribution >= 4 is 29.6 Å². The third-order valence-electron chi connectivity index (χ3n) is 4.96. The van der Waals surface area contributed by atoms with E-state index in [1.54, 1.807) is 18.3 Å². The predicted molar refractivity (Wildman–Crippen MR) is 105 cm³/mol. The topological polar surface area (TPSA) is 96.8 Å². The number of pyridine rings is 1. The molecule has 4 rings (SSSR count). The number of nitrogens with zero attached hydrogens (tertiary/aromatic N) is 2. The Morgan fingerprint density at radius 1 is 1.24 bits per heavy atom. The Labute approximate surface area is 171 Å². The van der Waals surface area contributed by atoms with Crippen molar-refractivity contribution < 1.29 is 24.2 Å². The Morgan fingerprint density at radius 2 is 2.00 bits per heavy atom. The van der Waals surface area contributed by atoms with Crippen molar-refractivity contribution in [3.8, 4) is 5.75 Å². The molecule has 29 heavy (non-hydrogen) atoms. The molecule has 1 saturated heterocycles. The molecule has 1 aromatic heterocycles. The zero-order valence-corrected chi connectivity index (χ0v) is 16.4. The van der Waals surface area contributed by atoms with E-state index >= 15 is 0 Å². The van der Waals surface area contributed by atoms with Crippen LogP contribution in [0.3, 0.4) is 0 Å². The minimum absolute atomic E-state index is 0.00314. The van der Waals surface area contributed by atoms with E-state index in [1.807, 2.05) is 30.3 Å². The summed E-state index contributed by atoms with van der Waals surface area (Å²) in [5.41, 5.74) is 1.05. The number of hydrogen-bond acceptors (Lipinski definition) is 6. The van der Waals surface area contributed by atoms with Gasteiger partial charge in [0.25, 0.3) is 0 Å². The van der Waals surface area contributed by atoms with Gasteiger partial charge in [-0.1, -0.05) is 42.1 Å². The smallest absolute Gasteiger partial charge is 0.353 e. The molecule has 0 bridgehead atoms. The Morgan fingerprint density at radius 3 is 2.66 bits per heavy atom. The van der Waals surface area contributed by atoms with E-state index in [4.69, 9.17) is 4.74 Å². The number of hydrogen-bond donors (Lipinski definition) is 1. The molecule has 0 spiro atoms. The highest BCUT2D eigenvalue weighted by molar-refractivity contribution is 8.03. The van der Waals surface area contributed by atoms with Gasteiger partial charge in [-0.15, -0.1) is 0 Å². The maximum absolute atomic E-state index is 12.2. The van der Waals surface area contributed by atoms with E-state index in [1.165, 1.54) is 11.8 Å². The Balaban J connectivity index is 1.74. The lowest BCUT2D eigenvalue weighted by Gasteiger charge is -2.38. The first-order valence-corrected chi connectivity index (χ1v) is 9.92. The molecule has 8 heteroatoms. The number of carbonyl (C=O) groups excluding carboxylic acids is 2. The van der Waals surface area contributed by atoms with Crippen LogP contribution in [0.5, 0.6) is 5.75 Å². The van der Waals surface area contributed by atoms with E-state index in [2.05, 4.69) is 4.98 Å². The number of benzene rings is 1. The van der Waals surface area contributed by atoms with E-state index in [0.717, 1.165) is 17.3 Å². The van der Waals surface area contributed by atoms with Crippen molar-refractivity contribution in [2.45, 2.75) is 30.8 Å². The molecule has 2 unspecified atom stereocenters. The first-order chi connectivity index (χ1) is 14.0. The van der Waals surface area contributed by atoms with Gasteiger partial charge in [0.2, 0.25) is 5.91 Å². The van der Waals surface area contributed by atoms with Gasteiger partial charge in [0.15, 0.2) is 5.75 Å². The van der Waals surface area contributed by atoms with E-state index in [9.17, 15) is 19.5 Å². The first kappa shape index (κ1) is 19.2. The summed E-state index contributed by atoms with van der Waals surface area (Å²) < 4.78 is 5.22. The van der Waals surface area contributed by atoms with Gasteiger partial charge < -0.3 is 14.7 Å². The number of carbonyl (C=O) groups is 3. The van der Waals surface area contributed by atoms with Crippen LogP contribution < -0.4 is 4.74 Å². The molecular weight excluding hydrogens is 392 g/mol. The fourth-order valence-corrected chi connectivity index (χ4v) is 4.95. The summed E-state index contributed by atoms with van der Waals surface area (Å²) in [5, 5.41) is 10.2. The number of β-lactam (4-membered cyclic amide) rings is 1. The van der Waals surface area contributed by atoms with Crippen molar-refractivity contribution in [2.75, 3.05) is 0 Å². The van der Waals surface area contributed by atoms with E-state index < -0.39 is 11.9 Å². The summed E-state index contributed by atoms with van der Waals surface area (Å²) in [4.78, 5) is 41.8. The van der Waals surface area contributed by atoms with Crippen LogP contribution in [0.1, 0.15) is 18.9 Å². The van der Waals surface area contributed by atoms with Crippen LogP contribution in [0.2, 0.25) is 0 Å². The fraction of sp³-hybridized carbons (Fsp3) is 0.238. The predicted octanol–water partition coefficient (Wildman–Crippen LogP) is 2.87. The van der Waals surface area contributed by atoms with Gasteiger partial charge in [-0.05, 0) is 24.1 Å². The van der Waals surface area contributed by atoms with Gasteiger partial charge in [0, 0.05) is 30.4 Å². The summed E-state index contributed by atoms with van der Waals surface area (Å²) in [6, 6.07) is 12.8. The van der Waals surface area contributed by atoms with Crippen LogP contribution in [0.15, 0.2) is 64.3 Å². The van der Waals surface area contributed by atoms with Crippen LogP contribution in [0.4, 0.5) is 0 Å². The average Bonchev–Trinajstić information content (AvgIpc) is 2.92. The SMILES string of the molecule is CC(=O)Oc1cccnc1SC1=C(C(=O)O)N2C(=O)CC2C1Cc1ccccc1. The number of amides is 1.